The van der Waals surface area contributed by atoms with E-state index in [1.165, 1.54) is 12.8 Å². The average molecular weight is 219 g/mol. The van der Waals surface area contributed by atoms with Crippen molar-refractivity contribution in [3.8, 4) is 0 Å². The molecule has 1 aromatic rings. The summed E-state index contributed by atoms with van der Waals surface area (Å²) < 4.78 is 0. The molecule has 16 heavy (non-hydrogen) atoms. The predicted molar refractivity (Wildman–Crippen MR) is 63.2 cm³/mol. The van der Waals surface area contributed by atoms with Gasteiger partial charge in [-0.2, -0.15) is 0 Å². The first-order chi connectivity index (χ1) is 7.75. The Bertz CT molecular complexity index is 374. The van der Waals surface area contributed by atoms with Gasteiger partial charge in [-0.25, -0.2) is 0 Å². The zero-order chi connectivity index (χ0) is 11.4. The number of amides is 1. The Balaban J connectivity index is 1.75. The molecule has 1 aromatic heterocycles. The largest absolute Gasteiger partial charge is 0.324 e. The van der Waals surface area contributed by atoms with Gasteiger partial charge in [-0.1, -0.05) is 0 Å². The maximum atomic E-state index is 11.6. The molecule has 1 aliphatic rings. The topological polar surface area (TPSA) is 54.0 Å². The normalized spacial score (nSPS) is 14.8. The number of aryl methyl sites for hydroxylation is 1. The number of nitrogens with zero attached hydrogens (tertiary/aromatic N) is 1. The summed E-state index contributed by atoms with van der Waals surface area (Å²) >= 11 is 0. The van der Waals surface area contributed by atoms with E-state index in [4.69, 9.17) is 0 Å². The zero-order valence-corrected chi connectivity index (χ0v) is 9.49. The van der Waals surface area contributed by atoms with E-state index in [0.29, 0.717) is 12.5 Å². The third-order valence-corrected chi connectivity index (χ3v) is 2.68. The minimum absolute atomic E-state index is 0.0456. The van der Waals surface area contributed by atoms with Gasteiger partial charge in [-0.05, 0) is 31.4 Å². The van der Waals surface area contributed by atoms with Crippen molar-refractivity contribution in [2.24, 2.45) is 0 Å². The van der Waals surface area contributed by atoms with Crippen LogP contribution < -0.4 is 10.6 Å². The number of carbonyl (C=O) groups excluding carboxylic acids is 1. The minimum atomic E-state index is 0.0456. The Morgan fingerprint density at radius 3 is 3.06 bits per heavy atom. The second-order valence-electron chi connectivity index (χ2n) is 4.22. The molecule has 0 bridgehead atoms. The van der Waals surface area contributed by atoms with E-state index in [9.17, 15) is 4.79 Å². The summed E-state index contributed by atoms with van der Waals surface area (Å²) in [6.45, 7) is 2.72. The van der Waals surface area contributed by atoms with Crippen LogP contribution in [0.4, 0.5) is 5.69 Å². The van der Waals surface area contributed by atoms with E-state index in [1.54, 1.807) is 12.4 Å². The van der Waals surface area contributed by atoms with E-state index in [2.05, 4.69) is 15.6 Å². The van der Waals surface area contributed by atoms with Crippen LogP contribution in [0.2, 0.25) is 0 Å². The van der Waals surface area contributed by atoms with Crippen LogP contribution in [0.1, 0.15) is 24.8 Å². The molecule has 2 N–H and O–H groups in total. The quantitative estimate of drug-likeness (QED) is 0.788. The molecular weight excluding hydrogens is 202 g/mol. The summed E-state index contributed by atoms with van der Waals surface area (Å²) in [6, 6.07) is 2.55. The highest BCUT2D eigenvalue weighted by Gasteiger charge is 2.20. The molecule has 1 fully saturated rings. The van der Waals surface area contributed by atoms with Gasteiger partial charge in [0.2, 0.25) is 5.91 Å². The number of carbonyl (C=O) groups is 1. The summed E-state index contributed by atoms with van der Waals surface area (Å²) in [6.07, 6.45) is 6.43. The molecule has 0 radical (unpaired) electrons. The van der Waals surface area contributed by atoms with Crippen LogP contribution in [0.25, 0.3) is 0 Å². The number of anilines is 1. The number of aromatic nitrogens is 1. The summed E-state index contributed by atoms with van der Waals surface area (Å²) in [5.41, 5.74) is 1.84. The van der Waals surface area contributed by atoms with E-state index >= 15 is 0 Å². The lowest BCUT2D eigenvalue weighted by atomic mass is 10.2. The van der Waals surface area contributed by atoms with Crippen LogP contribution in [0.15, 0.2) is 18.5 Å². The maximum absolute atomic E-state index is 11.6. The second kappa shape index (κ2) is 5.07. The van der Waals surface area contributed by atoms with Gasteiger partial charge in [-0.15, -0.1) is 0 Å². The standard InChI is InChI=1S/C12H17N3O/c1-9-4-6-13-8-11(9)15-12(16)5-7-14-10-2-3-10/h4,6,8,10,14H,2-3,5,7H2,1H3,(H,15,16). The maximum Gasteiger partial charge on any atom is 0.225 e. The molecule has 1 amide bonds. The SMILES string of the molecule is Cc1ccncc1NC(=O)CCNC1CC1. The summed E-state index contributed by atoms with van der Waals surface area (Å²) in [7, 11) is 0. The molecule has 0 unspecified atom stereocenters. The van der Waals surface area contributed by atoms with Gasteiger partial charge >= 0.3 is 0 Å². The first-order valence-corrected chi connectivity index (χ1v) is 5.69. The van der Waals surface area contributed by atoms with Crippen molar-refractivity contribution in [3.05, 3.63) is 24.0 Å². The Hall–Kier alpha value is -1.42. The Kier molecular flexibility index (Phi) is 3.51. The molecule has 0 spiro atoms. The van der Waals surface area contributed by atoms with Gasteiger partial charge in [0.1, 0.15) is 0 Å². The van der Waals surface area contributed by atoms with Crippen LogP contribution in [0.5, 0.6) is 0 Å². The fourth-order valence-electron chi connectivity index (χ4n) is 1.48. The summed E-state index contributed by atoms with van der Waals surface area (Å²) in [5, 5.41) is 6.17. The fraction of sp³-hybridized carbons (Fsp3) is 0.500. The average Bonchev–Trinajstić information content (AvgIpc) is 3.05. The van der Waals surface area contributed by atoms with Gasteiger partial charge in [-0.3, -0.25) is 9.78 Å². The molecule has 1 heterocycles. The predicted octanol–water partition coefficient (Wildman–Crippen LogP) is 1.47. The number of hydrogen-bond donors (Lipinski definition) is 2. The highest BCUT2D eigenvalue weighted by atomic mass is 16.1. The highest BCUT2D eigenvalue weighted by Crippen LogP contribution is 2.18. The van der Waals surface area contributed by atoms with Gasteiger partial charge < -0.3 is 10.6 Å². The number of hydrogen-bond acceptors (Lipinski definition) is 3. The van der Waals surface area contributed by atoms with Crippen molar-refractivity contribution in [1.82, 2.24) is 10.3 Å². The Morgan fingerprint density at radius 1 is 1.56 bits per heavy atom. The van der Waals surface area contributed by atoms with Crippen LogP contribution in [-0.4, -0.2) is 23.5 Å². The molecule has 4 nitrogen and oxygen atoms in total. The van der Waals surface area contributed by atoms with Gasteiger partial charge in [0.05, 0.1) is 11.9 Å². The second-order valence-corrected chi connectivity index (χ2v) is 4.22. The summed E-state index contributed by atoms with van der Waals surface area (Å²) in [5.74, 6) is 0.0456. The molecule has 1 aliphatic carbocycles. The van der Waals surface area contributed by atoms with Crippen molar-refractivity contribution in [3.63, 3.8) is 0 Å². The number of rotatable bonds is 5. The monoisotopic (exact) mass is 219 g/mol. The smallest absolute Gasteiger partial charge is 0.225 e. The fourth-order valence-corrected chi connectivity index (χ4v) is 1.48. The first-order valence-electron chi connectivity index (χ1n) is 5.69. The van der Waals surface area contributed by atoms with E-state index in [1.807, 2.05) is 13.0 Å². The highest BCUT2D eigenvalue weighted by molar-refractivity contribution is 5.91. The molecule has 0 saturated heterocycles. The van der Waals surface area contributed by atoms with Crippen molar-refractivity contribution < 1.29 is 4.79 Å². The van der Waals surface area contributed by atoms with E-state index < -0.39 is 0 Å². The molecule has 0 atom stereocenters. The van der Waals surface area contributed by atoms with Crippen molar-refractivity contribution >= 4 is 11.6 Å². The van der Waals surface area contributed by atoms with Crippen molar-refractivity contribution in [1.29, 1.82) is 0 Å². The lowest BCUT2D eigenvalue weighted by molar-refractivity contribution is -0.116. The summed E-state index contributed by atoms with van der Waals surface area (Å²) in [4.78, 5) is 15.6. The lowest BCUT2D eigenvalue weighted by Crippen LogP contribution is -2.23. The van der Waals surface area contributed by atoms with Crippen LogP contribution in [-0.2, 0) is 4.79 Å². The number of pyridine rings is 1. The molecule has 0 aromatic carbocycles. The van der Waals surface area contributed by atoms with Crippen molar-refractivity contribution in [2.45, 2.75) is 32.2 Å². The van der Waals surface area contributed by atoms with Gasteiger partial charge in [0.15, 0.2) is 0 Å². The third kappa shape index (κ3) is 3.31. The Labute approximate surface area is 95.5 Å². The molecule has 0 aliphatic heterocycles. The van der Waals surface area contributed by atoms with E-state index in [0.717, 1.165) is 17.8 Å². The molecule has 86 valence electrons. The van der Waals surface area contributed by atoms with E-state index in [-0.39, 0.29) is 5.91 Å². The zero-order valence-electron chi connectivity index (χ0n) is 9.49. The van der Waals surface area contributed by atoms with Crippen LogP contribution >= 0.6 is 0 Å². The van der Waals surface area contributed by atoms with Crippen molar-refractivity contribution in [2.75, 3.05) is 11.9 Å². The molecular formula is C12H17N3O. The Morgan fingerprint density at radius 2 is 2.38 bits per heavy atom. The first kappa shape index (κ1) is 11.1. The molecule has 1 saturated carbocycles. The lowest BCUT2D eigenvalue weighted by Gasteiger charge is -2.07. The minimum Gasteiger partial charge on any atom is -0.324 e. The number of nitrogens with one attached hydrogen (secondary N) is 2. The van der Waals surface area contributed by atoms with Gasteiger partial charge in [0.25, 0.3) is 0 Å². The van der Waals surface area contributed by atoms with Crippen LogP contribution in [0, 0.1) is 6.92 Å². The molecule has 4 heteroatoms. The third-order valence-electron chi connectivity index (χ3n) is 2.68. The van der Waals surface area contributed by atoms with Crippen LogP contribution in [0.3, 0.4) is 0 Å². The van der Waals surface area contributed by atoms with Gasteiger partial charge in [0, 0.05) is 25.2 Å². The molecule has 2 rings (SSSR count).